The van der Waals surface area contributed by atoms with Crippen LogP contribution < -0.4 is 0 Å². The molecular weight excluding hydrogens is 252 g/mol. The van der Waals surface area contributed by atoms with E-state index in [1.807, 2.05) is 0 Å². The number of aliphatic hydroxyl groups excluding tert-OH is 1. The fourth-order valence-corrected chi connectivity index (χ4v) is 2.07. The molecule has 1 unspecified atom stereocenters. The van der Waals surface area contributed by atoms with E-state index < -0.39 is 0 Å². The van der Waals surface area contributed by atoms with Crippen LogP contribution in [0.3, 0.4) is 0 Å². The lowest BCUT2D eigenvalue weighted by Gasteiger charge is -2.08. The summed E-state index contributed by atoms with van der Waals surface area (Å²) in [6.07, 6.45) is 10.5. The third kappa shape index (κ3) is 12.1. The Bertz CT molecular complexity index is 157. The SMILES string of the molecule is C=C(Br)CC(O)CCCCCCCCC. The maximum atomic E-state index is 9.57. The van der Waals surface area contributed by atoms with Crippen LogP contribution >= 0.6 is 15.9 Å². The van der Waals surface area contributed by atoms with Crippen molar-refractivity contribution in [3.63, 3.8) is 0 Å². The minimum absolute atomic E-state index is 0.201. The van der Waals surface area contributed by atoms with Crippen molar-refractivity contribution in [2.75, 3.05) is 0 Å². The van der Waals surface area contributed by atoms with Crippen molar-refractivity contribution in [3.05, 3.63) is 11.1 Å². The first kappa shape index (κ1) is 15.2. The van der Waals surface area contributed by atoms with Crippen molar-refractivity contribution in [1.29, 1.82) is 0 Å². The van der Waals surface area contributed by atoms with Crippen LogP contribution in [-0.4, -0.2) is 11.2 Å². The van der Waals surface area contributed by atoms with Crippen LogP contribution in [0.1, 0.15) is 64.7 Å². The summed E-state index contributed by atoms with van der Waals surface area (Å²) in [5.41, 5.74) is 0. The fraction of sp³-hybridized carbons (Fsp3) is 0.846. The number of hydrogen-bond donors (Lipinski definition) is 1. The summed E-state index contributed by atoms with van der Waals surface area (Å²) in [5, 5.41) is 9.57. The second-order valence-electron chi connectivity index (χ2n) is 4.29. The molecule has 90 valence electrons. The summed E-state index contributed by atoms with van der Waals surface area (Å²) in [6, 6.07) is 0. The van der Waals surface area contributed by atoms with Crippen LogP contribution in [0.5, 0.6) is 0 Å². The highest BCUT2D eigenvalue weighted by atomic mass is 79.9. The van der Waals surface area contributed by atoms with E-state index in [4.69, 9.17) is 0 Å². The van der Waals surface area contributed by atoms with Crippen molar-refractivity contribution in [3.8, 4) is 0 Å². The predicted molar refractivity (Wildman–Crippen MR) is 71.3 cm³/mol. The van der Waals surface area contributed by atoms with E-state index >= 15 is 0 Å². The predicted octanol–water partition coefficient (Wildman–Crippen LogP) is 4.79. The average Bonchev–Trinajstić information content (AvgIpc) is 2.15. The molecule has 15 heavy (non-hydrogen) atoms. The first-order valence-corrected chi connectivity index (χ1v) is 6.97. The van der Waals surface area contributed by atoms with Crippen LogP contribution in [0.15, 0.2) is 11.1 Å². The molecular formula is C13H25BrO. The van der Waals surface area contributed by atoms with Gasteiger partial charge in [0.1, 0.15) is 0 Å². The molecule has 0 aliphatic rings. The van der Waals surface area contributed by atoms with E-state index in [1.165, 1.54) is 38.5 Å². The Kier molecular flexibility index (Phi) is 10.8. The highest BCUT2D eigenvalue weighted by Crippen LogP contribution is 2.15. The maximum Gasteiger partial charge on any atom is 0.0585 e. The van der Waals surface area contributed by atoms with Crippen LogP contribution in [0, 0.1) is 0 Å². The number of rotatable bonds is 10. The largest absolute Gasteiger partial charge is 0.393 e. The first-order chi connectivity index (χ1) is 7.16. The smallest absolute Gasteiger partial charge is 0.0585 e. The van der Waals surface area contributed by atoms with Crippen LogP contribution in [0.25, 0.3) is 0 Å². The van der Waals surface area contributed by atoms with E-state index in [0.29, 0.717) is 6.42 Å². The molecule has 1 atom stereocenters. The van der Waals surface area contributed by atoms with Gasteiger partial charge in [0, 0.05) is 6.42 Å². The van der Waals surface area contributed by atoms with Gasteiger partial charge in [-0.15, -0.1) is 0 Å². The Morgan fingerprint density at radius 2 is 1.67 bits per heavy atom. The van der Waals surface area contributed by atoms with Gasteiger partial charge in [0.25, 0.3) is 0 Å². The fourth-order valence-electron chi connectivity index (χ4n) is 1.69. The third-order valence-corrected chi connectivity index (χ3v) is 2.92. The molecule has 0 aromatic heterocycles. The molecule has 0 fully saturated rings. The first-order valence-electron chi connectivity index (χ1n) is 6.18. The molecule has 2 heteroatoms. The molecule has 0 spiro atoms. The lowest BCUT2D eigenvalue weighted by atomic mass is 10.1. The summed E-state index contributed by atoms with van der Waals surface area (Å²) < 4.78 is 0.901. The molecule has 1 N–H and O–H groups in total. The topological polar surface area (TPSA) is 20.2 Å². The van der Waals surface area contributed by atoms with E-state index in [9.17, 15) is 5.11 Å². The van der Waals surface area contributed by atoms with Crippen LogP contribution in [0.2, 0.25) is 0 Å². The molecule has 0 bridgehead atoms. The minimum atomic E-state index is -0.201. The second-order valence-corrected chi connectivity index (χ2v) is 5.41. The zero-order valence-electron chi connectivity index (χ0n) is 9.97. The Morgan fingerprint density at radius 1 is 1.13 bits per heavy atom. The van der Waals surface area contributed by atoms with Gasteiger partial charge in [-0.2, -0.15) is 0 Å². The Labute approximate surface area is 103 Å². The molecule has 0 saturated heterocycles. The van der Waals surface area contributed by atoms with Gasteiger partial charge in [-0.1, -0.05) is 74.4 Å². The molecule has 0 aliphatic heterocycles. The zero-order chi connectivity index (χ0) is 11.5. The molecule has 1 nitrogen and oxygen atoms in total. The highest BCUT2D eigenvalue weighted by Gasteiger charge is 2.04. The number of hydrogen-bond acceptors (Lipinski definition) is 1. The summed E-state index contributed by atoms with van der Waals surface area (Å²) in [7, 11) is 0. The van der Waals surface area contributed by atoms with Crippen molar-refractivity contribution >= 4 is 15.9 Å². The van der Waals surface area contributed by atoms with Gasteiger partial charge in [-0.05, 0) is 10.9 Å². The molecule has 0 amide bonds. The standard InChI is InChI=1S/C13H25BrO/c1-3-4-5-6-7-8-9-10-13(15)11-12(2)14/h13,15H,2-11H2,1H3. The molecule has 0 rings (SSSR count). The average molecular weight is 277 g/mol. The van der Waals surface area contributed by atoms with Crippen molar-refractivity contribution in [1.82, 2.24) is 0 Å². The van der Waals surface area contributed by atoms with Gasteiger partial charge >= 0.3 is 0 Å². The van der Waals surface area contributed by atoms with Crippen molar-refractivity contribution < 1.29 is 5.11 Å². The summed E-state index contributed by atoms with van der Waals surface area (Å²) >= 11 is 3.27. The minimum Gasteiger partial charge on any atom is -0.393 e. The lowest BCUT2D eigenvalue weighted by Crippen LogP contribution is -2.05. The Morgan fingerprint density at radius 3 is 2.20 bits per heavy atom. The van der Waals surface area contributed by atoms with Gasteiger partial charge in [0.2, 0.25) is 0 Å². The monoisotopic (exact) mass is 276 g/mol. The van der Waals surface area contributed by atoms with Gasteiger partial charge in [-0.25, -0.2) is 0 Å². The van der Waals surface area contributed by atoms with Crippen LogP contribution in [-0.2, 0) is 0 Å². The summed E-state index contributed by atoms with van der Waals surface area (Å²) in [4.78, 5) is 0. The molecule has 0 saturated carbocycles. The van der Waals surface area contributed by atoms with E-state index in [-0.39, 0.29) is 6.10 Å². The molecule has 0 aromatic rings. The Hall–Kier alpha value is 0.180. The third-order valence-electron chi connectivity index (χ3n) is 2.60. The summed E-state index contributed by atoms with van der Waals surface area (Å²) in [5.74, 6) is 0. The Balaban J connectivity index is 3.13. The second kappa shape index (κ2) is 10.7. The van der Waals surface area contributed by atoms with Crippen LogP contribution in [0.4, 0.5) is 0 Å². The number of halogens is 1. The lowest BCUT2D eigenvalue weighted by molar-refractivity contribution is 0.163. The zero-order valence-corrected chi connectivity index (χ0v) is 11.6. The quantitative estimate of drug-likeness (QED) is 0.569. The normalized spacial score (nSPS) is 12.7. The van der Waals surface area contributed by atoms with Crippen molar-refractivity contribution in [2.24, 2.45) is 0 Å². The summed E-state index contributed by atoms with van der Waals surface area (Å²) in [6.45, 7) is 5.97. The molecule has 0 aliphatic carbocycles. The van der Waals surface area contributed by atoms with E-state index in [0.717, 1.165) is 17.3 Å². The van der Waals surface area contributed by atoms with E-state index in [1.54, 1.807) is 0 Å². The molecule has 0 heterocycles. The van der Waals surface area contributed by atoms with E-state index in [2.05, 4.69) is 29.4 Å². The maximum absolute atomic E-state index is 9.57. The van der Waals surface area contributed by atoms with Gasteiger partial charge < -0.3 is 5.11 Å². The number of unbranched alkanes of at least 4 members (excludes halogenated alkanes) is 6. The van der Waals surface area contributed by atoms with Crippen molar-refractivity contribution in [2.45, 2.75) is 70.8 Å². The molecule has 0 radical (unpaired) electrons. The molecule has 0 aromatic carbocycles. The highest BCUT2D eigenvalue weighted by molar-refractivity contribution is 9.11. The van der Waals surface area contributed by atoms with Gasteiger partial charge in [0.15, 0.2) is 0 Å². The van der Waals surface area contributed by atoms with Gasteiger partial charge in [0.05, 0.1) is 6.10 Å². The number of aliphatic hydroxyl groups is 1. The van der Waals surface area contributed by atoms with Gasteiger partial charge in [-0.3, -0.25) is 0 Å².